The number of hydrogen-bond donors (Lipinski definition) is 3. The first-order valence-corrected chi connectivity index (χ1v) is 12.8. The third-order valence-corrected chi connectivity index (χ3v) is 3.92. The van der Waals surface area contributed by atoms with Crippen LogP contribution in [0, 0.1) is 0 Å². The van der Waals surface area contributed by atoms with Gasteiger partial charge < -0.3 is 4.74 Å². The molecule has 0 bridgehead atoms. The quantitative estimate of drug-likeness (QED) is 0.152. The third-order valence-electron chi connectivity index (χ3n) is 3.45. The monoisotopic (exact) mass is 476 g/mol. The Hall–Kier alpha value is -0.820. The lowest BCUT2D eigenvalue weighted by atomic mass is 10.1. The second-order valence-electron chi connectivity index (χ2n) is 6.35. The molecule has 0 unspecified atom stereocenters. The van der Waals surface area contributed by atoms with E-state index in [0.717, 1.165) is 12.8 Å². The van der Waals surface area contributed by atoms with Crippen LogP contribution >= 0.6 is 0 Å². The van der Waals surface area contributed by atoms with Gasteiger partial charge in [0.2, 0.25) is 0 Å². The fourth-order valence-electron chi connectivity index (χ4n) is 2.17. The highest BCUT2D eigenvalue weighted by Crippen LogP contribution is 2.11. The summed E-state index contributed by atoms with van der Waals surface area (Å²) in [5, 5.41) is 0. The van der Waals surface area contributed by atoms with Gasteiger partial charge in [-0.05, 0) is 6.42 Å². The van der Waals surface area contributed by atoms with Gasteiger partial charge in [-0.3, -0.25) is 13.7 Å². The van der Waals surface area contributed by atoms with E-state index in [1.54, 1.807) is 12.2 Å². The summed E-state index contributed by atoms with van der Waals surface area (Å²) in [6, 6.07) is 0. The lowest BCUT2D eigenvalue weighted by molar-refractivity contribution is 0.194. The summed E-state index contributed by atoms with van der Waals surface area (Å²) in [6.07, 6.45) is 16.7. The Bertz CT molecular complexity index is 557. The average Bonchev–Trinajstić information content (AvgIpc) is 2.61. The van der Waals surface area contributed by atoms with Crippen LogP contribution in [0.5, 0.6) is 0 Å². The van der Waals surface area contributed by atoms with Gasteiger partial charge in [-0.2, -0.15) is 16.8 Å². The molecule has 11 heteroatoms. The molecule has 0 aromatic rings. The van der Waals surface area contributed by atoms with E-state index in [-0.39, 0.29) is 6.61 Å². The first kappa shape index (κ1) is 33.8. The van der Waals surface area contributed by atoms with Crippen LogP contribution in [0.15, 0.2) is 25.3 Å². The first-order chi connectivity index (χ1) is 14.0. The van der Waals surface area contributed by atoms with Crippen molar-refractivity contribution in [1.82, 2.24) is 0 Å². The van der Waals surface area contributed by atoms with Gasteiger partial charge in [-0.25, -0.2) is 4.18 Å². The van der Waals surface area contributed by atoms with Crippen molar-refractivity contribution in [3.8, 4) is 0 Å². The normalized spacial score (nSPS) is 10.9. The van der Waals surface area contributed by atoms with E-state index in [0.29, 0.717) is 19.6 Å². The van der Waals surface area contributed by atoms with Crippen LogP contribution in [0.1, 0.15) is 77.6 Å². The van der Waals surface area contributed by atoms with Gasteiger partial charge >= 0.3 is 20.8 Å². The van der Waals surface area contributed by atoms with Crippen molar-refractivity contribution >= 4 is 20.8 Å². The van der Waals surface area contributed by atoms with E-state index in [4.69, 9.17) is 26.8 Å². The zero-order chi connectivity index (χ0) is 23.7. The molecule has 0 aromatic heterocycles. The van der Waals surface area contributed by atoms with E-state index >= 15 is 0 Å². The van der Waals surface area contributed by atoms with Gasteiger partial charge in [0, 0.05) is 0 Å². The molecular formula is C19H40O9S2. The minimum Gasteiger partial charge on any atom is -0.373 e. The second-order valence-corrected chi connectivity index (χ2v) is 8.33. The van der Waals surface area contributed by atoms with Crippen molar-refractivity contribution in [3.05, 3.63) is 25.3 Å². The average molecular weight is 477 g/mol. The molecule has 0 aliphatic carbocycles. The smallest absolute Gasteiger partial charge is 0.373 e. The first-order valence-electron chi connectivity index (χ1n) is 10.1. The number of rotatable bonds is 17. The van der Waals surface area contributed by atoms with E-state index < -0.39 is 20.8 Å². The summed E-state index contributed by atoms with van der Waals surface area (Å²) in [5.74, 6) is 0. The summed E-state index contributed by atoms with van der Waals surface area (Å²) in [6.45, 7) is 10.5. The minimum atomic E-state index is -4.67. The highest BCUT2D eigenvalue weighted by molar-refractivity contribution is 7.80. The molecule has 0 aliphatic heterocycles. The van der Waals surface area contributed by atoms with Crippen molar-refractivity contribution in [3.63, 3.8) is 0 Å². The molecule has 182 valence electrons. The molecule has 9 nitrogen and oxygen atoms in total. The molecule has 30 heavy (non-hydrogen) atoms. The molecule has 0 aliphatic rings. The number of hydrogen-bond acceptors (Lipinski definition) is 6. The molecule has 0 amide bonds. The molecular weight excluding hydrogens is 436 g/mol. The fraction of sp³-hybridized carbons (Fsp3) is 0.789. The summed E-state index contributed by atoms with van der Waals surface area (Å²) >= 11 is 0. The Labute approximate surface area is 183 Å². The van der Waals surface area contributed by atoms with Gasteiger partial charge in [-0.15, -0.1) is 13.2 Å². The number of unbranched alkanes of at least 4 members (excludes halogenated alkanes) is 10. The van der Waals surface area contributed by atoms with Crippen LogP contribution in [0.25, 0.3) is 0 Å². The van der Waals surface area contributed by atoms with Gasteiger partial charge in [0.25, 0.3) is 0 Å². The van der Waals surface area contributed by atoms with Crippen LogP contribution in [0.4, 0.5) is 0 Å². The predicted octanol–water partition coefficient (Wildman–Crippen LogP) is 4.84. The minimum absolute atomic E-state index is 0.0931. The molecule has 0 saturated heterocycles. The molecule has 0 aromatic carbocycles. The predicted molar refractivity (Wildman–Crippen MR) is 119 cm³/mol. The van der Waals surface area contributed by atoms with Crippen molar-refractivity contribution in [1.29, 1.82) is 0 Å². The molecule has 0 rings (SSSR count). The highest BCUT2D eigenvalue weighted by Gasteiger charge is 2.02. The van der Waals surface area contributed by atoms with Crippen molar-refractivity contribution < 1.29 is 39.4 Å². The molecule has 0 radical (unpaired) electrons. The molecule has 0 atom stereocenters. The highest BCUT2D eigenvalue weighted by atomic mass is 32.3. The summed E-state index contributed by atoms with van der Waals surface area (Å²) in [4.78, 5) is 0. The van der Waals surface area contributed by atoms with Crippen LogP contribution in [-0.4, -0.2) is 50.3 Å². The molecule has 0 heterocycles. The summed E-state index contributed by atoms with van der Waals surface area (Å²) in [7, 11) is -8.90. The second kappa shape index (κ2) is 24.4. The standard InChI is InChI=1S/C13H28O4S.C6H10O.H2O4S/c1-2-3-4-5-6-7-8-9-10-11-12-13-17-18(14,15)16;1-3-5-7-6-4-2;1-5(2,3)4/h2-13H2,1H3,(H,14,15,16);3-4H,1-2,5-6H2;(H2,1,2,3,4). The maximum Gasteiger partial charge on any atom is 0.397 e. The van der Waals surface area contributed by atoms with Crippen LogP contribution < -0.4 is 0 Å². The Balaban J connectivity index is -0.000000496. The molecule has 3 N–H and O–H groups in total. The van der Waals surface area contributed by atoms with E-state index in [1.807, 2.05) is 0 Å². The molecule has 0 fully saturated rings. The topological polar surface area (TPSA) is 147 Å². The van der Waals surface area contributed by atoms with E-state index in [9.17, 15) is 8.42 Å². The summed E-state index contributed by atoms with van der Waals surface area (Å²) < 4.78 is 69.5. The van der Waals surface area contributed by atoms with Crippen molar-refractivity contribution in [2.75, 3.05) is 19.8 Å². The molecule has 0 spiro atoms. The fourth-order valence-corrected chi connectivity index (χ4v) is 2.49. The Morgan fingerprint density at radius 2 is 1.03 bits per heavy atom. The summed E-state index contributed by atoms with van der Waals surface area (Å²) in [5.41, 5.74) is 0. The lowest BCUT2D eigenvalue weighted by Crippen LogP contribution is -2.04. The van der Waals surface area contributed by atoms with Gasteiger partial charge in [0.05, 0.1) is 19.8 Å². The van der Waals surface area contributed by atoms with E-state index in [1.165, 1.54) is 51.4 Å². The SMILES string of the molecule is C=CCOCC=C.CCCCCCCCCCCCCOS(=O)(=O)O.O=S(=O)(O)O. The Kier molecular flexibility index (Phi) is 27.6. The zero-order valence-corrected chi connectivity index (χ0v) is 19.7. The Morgan fingerprint density at radius 1 is 0.700 bits per heavy atom. The van der Waals surface area contributed by atoms with Crippen molar-refractivity contribution in [2.24, 2.45) is 0 Å². The van der Waals surface area contributed by atoms with Crippen LogP contribution in [0.2, 0.25) is 0 Å². The van der Waals surface area contributed by atoms with Crippen LogP contribution in [-0.2, 0) is 29.7 Å². The lowest BCUT2D eigenvalue weighted by Gasteiger charge is -2.02. The number of ether oxygens (including phenoxy) is 1. The third kappa shape index (κ3) is 56.4. The van der Waals surface area contributed by atoms with Crippen LogP contribution in [0.3, 0.4) is 0 Å². The van der Waals surface area contributed by atoms with Gasteiger partial charge in [0.15, 0.2) is 0 Å². The largest absolute Gasteiger partial charge is 0.397 e. The van der Waals surface area contributed by atoms with Gasteiger partial charge in [0.1, 0.15) is 0 Å². The maximum atomic E-state index is 10.2. The maximum absolute atomic E-state index is 10.2. The molecule has 0 saturated carbocycles. The van der Waals surface area contributed by atoms with Crippen molar-refractivity contribution in [2.45, 2.75) is 77.6 Å². The van der Waals surface area contributed by atoms with Gasteiger partial charge in [-0.1, -0.05) is 83.3 Å². The zero-order valence-electron chi connectivity index (χ0n) is 18.1. The van der Waals surface area contributed by atoms with E-state index in [2.05, 4.69) is 24.3 Å². The Morgan fingerprint density at radius 3 is 1.33 bits per heavy atom.